The average Bonchev–Trinajstić information content (AvgIpc) is 2.09. The van der Waals surface area contributed by atoms with Crippen LogP contribution in [0, 0.1) is 0 Å². The lowest BCUT2D eigenvalue weighted by Crippen LogP contribution is -2.17. The summed E-state index contributed by atoms with van der Waals surface area (Å²) in [5.41, 5.74) is 5.91. The normalized spacial score (nSPS) is 11.5. The van der Waals surface area contributed by atoms with E-state index in [0.29, 0.717) is 0 Å². The van der Waals surface area contributed by atoms with Gasteiger partial charge < -0.3 is 10.5 Å². The number of nitrogens with two attached hydrogens (primary N) is 1. The van der Waals surface area contributed by atoms with E-state index in [-0.39, 0.29) is 22.2 Å². The molecule has 7 heteroatoms. The lowest BCUT2D eigenvalue weighted by molar-refractivity contribution is -0.274. The van der Waals surface area contributed by atoms with Crippen molar-refractivity contribution < 1.29 is 17.9 Å². The number of alkyl halides is 4. The van der Waals surface area contributed by atoms with Crippen LogP contribution in [-0.2, 0) is 5.88 Å². The van der Waals surface area contributed by atoms with E-state index in [1.54, 1.807) is 0 Å². The molecule has 0 aromatic heterocycles. The summed E-state index contributed by atoms with van der Waals surface area (Å²) in [5, 5.41) is -0.220. The molecule has 0 amide bonds. The molecule has 0 bridgehead atoms. The van der Waals surface area contributed by atoms with Gasteiger partial charge in [-0.15, -0.1) is 24.8 Å². The molecule has 0 fully saturated rings. The van der Waals surface area contributed by atoms with Crippen molar-refractivity contribution in [1.82, 2.24) is 0 Å². The molecule has 1 aromatic carbocycles. The second kappa shape index (κ2) is 4.37. The van der Waals surface area contributed by atoms with Crippen molar-refractivity contribution in [2.45, 2.75) is 12.2 Å². The predicted molar refractivity (Wildman–Crippen MR) is 52.1 cm³/mol. The zero-order valence-corrected chi connectivity index (χ0v) is 8.75. The fourth-order valence-electron chi connectivity index (χ4n) is 0.954. The number of halogens is 5. The van der Waals surface area contributed by atoms with E-state index in [9.17, 15) is 13.2 Å². The Balaban J connectivity index is 3.11. The number of nitrogen functional groups attached to an aromatic ring is 1. The van der Waals surface area contributed by atoms with Crippen LogP contribution in [0.5, 0.6) is 5.75 Å². The van der Waals surface area contributed by atoms with Gasteiger partial charge in [0.25, 0.3) is 0 Å². The highest BCUT2D eigenvalue weighted by molar-refractivity contribution is 6.34. The minimum atomic E-state index is -4.79. The molecule has 2 nitrogen and oxygen atoms in total. The maximum Gasteiger partial charge on any atom is 0.573 e. The zero-order valence-electron chi connectivity index (χ0n) is 7.24. The Bertz CT molecular complexity index is 368. The molecule has 0 saturated carbocycles. The lowest BCUT2D eigenvalue weighted by Gasteiger charge is -2.13. The molecule has 0 spiro atoms. The molecule has 0 radical (unpaired) electrons. The Morgan fingerprint density at radius 2 is 1.93 bits per heavy atom. The van der Waals surface area contributed by atoms with Crippen LogP contribution >= 0.6 is 23.2 Å². The van der Waals surface area contributed by atoms with Gasteiger partial charge in [-0.2, -0.15) is 0 Å². The van der Waals surface area contributed by atoms with Crippen LogP contribution < -0.4 is 10.5 Å². The summed E-state index contributed by atoms with van der Waals surface area (Å²) in [5.74, 6) is -0.589. The molecule has 0 saturated heterocycles. The monoisotopic (exact) mass is 259 g/mol. The second-order valence-corrected chi connectivity index (χ2v) is 3.27. The molecule has 0 aliphatic heterocycles. The molecule has 0 unspecified atom stereocenters. The van der Waals surface area contributed by atoms with Crippen molar-refractivity contribution in [3.05, 3.63) is 22.7 Å². The van der Waals surface area contributed by atoms with E-state index in [4.69, 9.17) is 28.9 Å². The minimum Gasteiger partial charge on any atom is -0.404 e. The lowest BCUT2D eigenvalue weighted by atomic mass is 10.2. The fourth-order valence-corrected chi connectivity index (χ4v) is 1.59. The molecule has 0 atom stereocenters. The first-order valence-corrected chi connectivity index (χ1v) is 4.65. The minimum absolute atomic E-state index is 0.0836. The molecule has 1 aromatic rings. The smallest absolute Gasteiger partial charge is 0.404 e. The van der Waals surface area contributed by atoms with E-state index in [1.165, 1.54) is 6.07 Å². The zero-order chi connectivity index (χ0) is 11.6. The highest BCUT2D eigenvalue weighted by atomic mass is 35.5. The molecular formula is C8H6Cl2F3NO. The fraction of sp³-hybridized carbons (Fsp3) is 0.250. The largest absolute Gasteiger partial charge is 0.573 e. The summed E-state index contributed by atoms with van der Waals surface area (Å²) < 4.78 is 39.4. The van der Waals surface area contributed by atoms with E-state index in [2.05, 4.69) is 4.74 Å². The van der Waals surface area contributed by atoms with Crippen LogP contribution in [-0.4, -0.2) is 6.36 Å². The van der Waals surface area contributed by atoms with Crippen molar-refractivity contribution in [3.63, 3.8) is 0 Å². The summed E-state index contributed by atoms with van der Waals surface area (Å²) in [6.07, 6.45) is -4.79. The van der Waals surface area contributed by atoms with Crippen LogP contribution in [0.2, 0.25) is 5.02 Å². The van der Waals surface area contributed by atoms with Crippen LogP contribution in [0.25, 0.3) is 0 Å². The highest BCUT2D eigenvalue weighted by Crippen LogP contribution is 2.36. The Labute approximate surface area is 93.7 Å². The third-order valence-electron chi connectivity index (χ3n) is 1.60. The van der Waals surface area contributed by atoms with E-state index >= 15 is 0 Å². The summed E-state index contributed by atoms with van der Waals surface area (Å²) >= 11 is 11.1. The maximum atomic E-state index is 11.9. The van der Waals surface area contributed by atoms with Gasteiger partial charge in [-0.3, -0.25) is 0 Å². The van der Waals surface area contributed by atoms with Crippen LogP contribution in [0.1, 0.15) is 5.56 Å². The van der Waals surface area contributed by atoms with Gasteiger partial charge >= 0.3 is 6.36 Å². The van der Waals surface area contributed by atoms with Crippen molar-refractivity contribution >= 4 is 28.9 Å². The quantitative estimate of drug-likeness (QED) is 0.651. The van der Waals surface area contributed by atoms with Crippen molar-refractivity contribution in [3.8, 4) is 5.75 Å². The van der Waals surface area contributed by atoms with Gasteiger partial charge in [-0.25, -0.2) is 0 Å². The van der Waals surface area contributed by atoms with Crippen molar-refractivity contribution in [2.24, 2.45) is 0 Å². The number of hydrogen-bond acceptors (Lipinski definition) is 2. The standard InChI is InChI=1S/C8H6Cl2F3NO/c9-3-4-5(14)1-2-6(7(4)10)15-8(11,12)13/h1-2H,3,14H2. The Hall–Kier alpha value is -0.810. The SMILES string of the molecule is Nc1ccc(OC(F)(F)F)c(Cl)c1CCl. The molecule has 0 aliphatic rings. The van der Waals surface area contributed by atoms with E-state index in [1.807, 2.05) is 0 Å². The summed E-state index contributed by atoms with van der Waals surface area (Å²) in [7, 11) is 0. The third kappa shape index (κ3) is 3.07. The van der Waals surface area contributed by atoms with Gasteiger partial charge in [-0.05, 0) is 12.1 Å². The average molecular weight is 260 g/mol. The van der Waals surface area contributed by atoms with Gasteiger partial charge in [0.05, 0.1) is 10.9 Å². The molecular weight excluding hydrogens is 254 g/mol. The molecule has 0 aliphatic carbocycles. The summed E-state index contributed by atoms with van der Waals surface area (Å²) in [6.45, 7) is 0. The number of ether oxygens (including phenoxy) is 1. The number of anilines is 1. The molecule has 0 heterocycles. The van der Waals surface area contributed by atoms with Crippen molar-refractivity contribution in [1.29, 1.82) is 0 Å². The van der Waals surface area contributed by atoms with Crippen LogP contribution in [0.3, 0.4) is 0 Å². The first-order valence-electron chi connectivity index (χ1n) is 3.73. The Morgan fingerprint density at radius 3 is 2.40 bits per heavy atom. The number of benzene rings is 1. The summed E-state index contributed by atoms with van der Waals surface area (Å²) in [4.78, 5) is 0. The third-order valence-corrected chi connectivity index (χ3v) is 2.28. The summed E-state index contributed by atoms with van der Waals surface area (Å²) in [6, 6.07) is 2.30. The Morgan fingerprint density at radius 1 is 1.33 bits per heavy atom. The highest BCUT2D eigenvalue weighted by Gasteiger charge is 2.32. The molecule has 2 N–H and O–H groups in total. The molecule has 1 rings (SSSR count). The first kappa shape index (κ1) is 12.3. The Kier molecular flexibility index (Phi) is 3.57. The van der Waals surface area contributed by atoms with Crippen molar-refractivity contribution in [2.75, 3.05) is 5.73 Å². The second-order valence-electron chi connectivity index (χ2n) is 2.63. The van der Waals surface area contributed by atoms with Gasteiger partial charge in [0.2, 0.25) is 0 Å². The number of rotatable bonds is 2. The van der Waals surface area contributed by atoms with Gasteiger partial charge in [0.15, 0.2) is 0 Å². The van der Waals surface area contributed by atoms with E-state index in [0.717, 1.165) is 6.07 Å². The van der Waals surface area contributed by atoms with E-state index < -0.39 is 12.1 Å². The van der Waals surface area contributed by atoms with Crippen LogP contribution in [0.4, 0.5) is 18.9 Å². The van der Waals surface area contributed by atoms with Gasteiger partial charge in [0, 0.05) is 11.3 Å². The van der Waals surface area contributed by atoms with Gasteiger partial charge in [-0.1, -0.05) is 11.6 Å². The van der Waals surface area contributed by atoms with Crippen LogP contribution in [0.15, 0.2) is 12.1 Å². The first-order chi connectivity index (χ1) is 6.85. The topological polar surface area (TPSA) is 35.2 Å². The predicted octanol–water partition coefficient (Wildman–Crippen LogP) is 3.56. The molecule has 15 heavy (non-hydrogen) atoms. The number of hydrogen-bond donors (Lipinski definition) is 1. The maximum absolute atomic E-state index is 11.9. The molecule has 84 valence electrons. The van der Waals surface area contributed by atoms with Gasteiger partial charge in [0.1, 0.15) is 5.75 Å².